The van der Waals surface area contributed by atoms with Crippen molar-refractivity contribution < 1.29 is 5.11 Å². The van der Waals surface area contributed by atoms with Crippen LogP contribution in [0.5, 0.6) is 0 Å². The molecule has 0 radical (unpaired) electrons. The highest BCUT2D eigenvalue weighted by Gasteiger charge is 2.43. The summed E-state index contributed by atoms with van der Waals surface area (Å²) in [7, 11) is 2.12. The molecule has 0 unspecified atom stereocenters. The van der Waals surface area contributed by atoms with Crippen LogP contribution in [-0.4, -0.2) is 48.8 Å². The quantitative estimate of drug-likeness (QED) is 0.608. The first-order valence-corrected chi connectivity index (χ1v) is 4.87. The van der Waals surface area contributed by atoms with Crippen molar-refractivity contribution in [2.24, 2.45) is 5.92 Å². The molecule has 2 rings (SSSR count). The second-order valence-corrected chi connectivity index (χ2v) is 4.05. The molecule has 2 aliphatic rings. The molecule has 3 heteroatoms. The number of likely N-dealkylation sites (N-methyl/N-ethyl adjacent to an activating group) is 1. The molecule has 0 aromatic rings. The maximum atomic E-state index is 8.83. The Morgan fingerprint density at radius 2 is 2.33 bits per heavy atom. The Morgan fingerprint density at radius 1 is 1.50 bits per heavy atom. The topological polar surface area (TPSA) is 35.5 Å². The van der Waals surface area contributed by atoms with Crippen LogP contribution in [0.4, 0.5) is 0 Å². The number of aliphatic hydroxyl groups excluding tert-OH is 1. The summed E-state index contributed by atoms with van der Waals surface area (Å²) in [6.07, 6.45) is 2.70. The fourth-order valence-corrected chi connectivity index (χ4v) is 2.79. The number of nitrogens with one attached hydrogen (secondary N) is 1. The molecular formula is C9H18N2O. The van der Waals surface area contributed by atoms with Crippen molar-refractivity contribution in [3.8, 4) is 0 Å². The zero-order valence-electron chi connectivity index (χ0n) is 7.66. The van der Waals surface area contributed by atoms with Crippen molar-refractivity contribution >= 4 is 0 Å². The third kappa shape index (κ3) is 1.26. The molecule has 2 fully saturated rings. The maximum absolute atomic E-state index is 8.83. The van der Waals surface area contributed by atoms with E-state index in [0.717, 1.165) is 12.5 Å². The molecule has 70 valence electrons. The molecule has 2 bridgehead atoms. The minimum Gasteiger partial charge on any atom is -0.395 e. The molecule has 1 aliphatic carbocycles. The van der Waals surface area contributed by atoms with Gasteiger partial charge in [-0.3, -0.25) is 4.90 Å². The van der Waals surface area contributed by atoms with Gasteiger partial charge in [-0.25, -0.2) is 0 Å². The van der Waals surface area contributed by atoms with E-state index in [1.807, 2.05) is 0 Å². The highest BCUT2D eigenvalue weighted by Crippen LogP contribution is 2.34. The molecule has 0 aromatic carbocycles. The fraction of sp³-hybridized carbons (Fsp3) is 1.00. The van der Waals surface area contributed by atoms with E-state index in [-0.39, 0.29) is 6.61 Å². The predicted molar refractivity (Wildman–Crippen MR) is 48.0 cm³/mol. The van der Waals surface area contributed by atoms with Crippen LogP contribution in [0.15, 0.2) is 0 Å². The van der Waals surface area contributed by atoms with Gasteiger partial charge in [-0.15, -0.1) is 0 Å². The van der Waals surface area contributed by atoms with Crippen LogP contribution in [0.25, 0.3) is 0 Å². The van der Waals surface area contributed by atoms with Crippen molar-refractivity contribution in [3.05, 3.63) is 0 Å². The molecule has 3 nitrogen and oxygen atoms in total. The molecule has 1 aliphatic heterocycles. The van der Waals surface area contributed by atoms with Crippen LogP contribution in [0.2, 0.25) is 0 Å². The van der Waals surface area contributed by atoms with E-state index in [1.165, 1.54) is 19.4 Å². The number of rotatable bonds is 3. The number of fused-ring (bicyclic) bond motifs is 2. The minimum absolute atomic E-state index is 0.284. The normalized spacial score (nSPS) is 39.8. The Bertz CT molecular complexity index is 143. The summed E-state index contributed by atoms with van der Waals surface area (Å²) in [6.45, 7) is 2.29. The average Bonchev–Trinajstić information content (AvgIpc) is 2.62. The lowest BCUT2D eigenvalue weighted by Gasteiger charge is -2.26. The fourth-order valence-electron chi connectivity index (χ4n) is 2.79. The standard InChI is InChI=1S/C9H18N2O/c1-11(4-5-12)9-7-2-3-8(9)10-6-7/h7-10,12H,2-6H2,1H3/t7-,8+,9+/m0/s1. The average molecular weight is 170 g/mol. The minimum atomic E-state index is 0.284. The van der Waals surface area contributed by atoms with Gasteiger partial charge in [0.25, 0.3) is 0 Å². The zero-order valence-corrected chi connectivity index (χ0v) is 7.66. The summed E-state index contributed by atoms with van der Waals surface area (Å²) in [6, 6.07) is 1.39. The highest BCUT2D eigenvalue weighted by atomic mass is 16.3. The van der Waals surface area contributed by atoms with Gasteiger partial charge in [0.05, 0.1) is 6.61 Å². The van der Waals surface area contributed by atoms with Gasteiger partial charge in [-0.1, -0.05) is 0 Å². The van der Waals surface area contributed by atoms with Crippen molar-refractivity contribution in [3.63, 3.8) is 0 Å². The van der Waals surface area contributed by atoms with Gasteiger partial charge in [-0.2, -0.15) is 0 Å². The Hall–Kier alpha value is -0.120. The summed E-state index contributed by atoms with van der Waals surface area (Å²) in [5.74, 6) is 0.839. The summed E-state index contributed by atoms with van der Waals surface area (Å²) >= 11 is 0. The third-order valence-electron chi connectivity index (χ3n) is 3.35. The van der Waals surface area contributed by atoms with Gasteiger partial charge in [0, 0.05) is 18.6 Å². The van der Waals surface area contributed by atoms with Crippen LogP contribution in [0.3, 0.4) is 0 Å². The van der Waals surface area contributed by atoms with Gasteiger partial charge < -0.3 is 10.4 Å². The maximum Gasteiger partial charge on any atom is 0.0558 e. The molecule has 2 N–H and O–H groups in total. The molecule has 0 spiro atoms. The highest BCUT2D eigenvalue weighted by molar-refractivity contribution is 5.01. The zero-order chi connectivity index (χ0) is 8.55. The van der Waals surface area contributed by atoms with E-state index in [9.17, 15) is 0 Å². The summed E-state index contributed by atoms with van der Waals surface area (Å²) in [4.78, 5) is 2.31. The smallest absolute Gasteiger partial charge is 0.0558 e. The largest absolute Gasteiger partial charge is 0.395 e. The molecule has 1 heterocycles. The van der Waals surface area contributed by atoms with E-state index >= 15 is 0 Å². The van der Waals surface area contributed by atoms with Gasteiger partial charge in [0.1, 0.15) is 0 Å². The number of nitrogens with zero attached hydrogens (tertiary/aromatic N) is 1. The van der Waals surface area contributed by atoms with Crippen LogP contribution in [-0.2, 0) is 0 Å². The number of hydrogen-bond acceptors (Lipinski definition) is 3. The molecule has 1 saturated carbocycles. The Kier molecular flexibility index (Phi) is 2.35. The Morgan fingerprint density at radius 3 is 2.75 bits per heavy atom. The van der Waals surface area contributed by atoms with Gasteiger partial charge in [0.2, 0.25) is 0 Å². The predicted octanol–water partition coefficient (Wildman–Crippen LogP) is -0.339. The summed E-state index contributed by atoms with van der Waals surface area (Å²) in [5, 5.41) is 12.4. The Labute approximate surface area is 73.8 Å². The van der Waals surface area contributed by atoms with E-state index in [0.29, 0.717) is 12.1 Å². The SMILES string of the molecule is CN(CCO)[C@@H]1[C@H]2CC[C@H]1NC2. The second-order valence-electron chi connectivity index (χ2n) is 4.05. The molecular weight excluding hydrogens is 152 g/mol. The molecule has 3 atom stereocenters. The van der Waals surface area contributed by atoms with Crippen LogP contribution in [0, 0.1) is 5.92 Å². The van der Waals surface area contributed by atoms with Gasteiger partial charge in [-0.05, 0) is 32.4 Å². The first-order valence-electron chi connectivity index (χ1n) is 4.87. The van der Waals surface area contributed by atoms with E-state index in [2.05, 4.69) is 17.3 Å². The lowest BCUT2D eigenvalue weighted by Crippen LogP contribution is -2.41. The van der Waals surface area contributed by atoms with Crippen molar-refractivity contribution in [2.45, 2.75) is 24.9 Å². The number of hydrogen-bond donors (Lipinski definition) is 2. The molecule has 12 heavy (non-hydrogen) atoms. The van der Waals surface area contributed by atoms with Gasteiger partial charge >= 0.3 is 0 Å². The molecule has 1 saturated heterocycles. The van der Waals surface area contributed by atoms with E-state index in [4.69, 9.17) is 5.11 Å². The first kappa shape index (κ1) is 8.48. The number of aliphatic hydroxyl groups is 1. The Balaban J connectivity index is 1.95. The summed E-state index contributed by atoms with van der Waals surface area (Å²) < 4.78 is 0. The lowest BCUT2D eigenvalue weighted by atomic mass is 10.1. The third-order valence-corrected chi connectivity index (χ3v) is 3.35. The molecule has 0 aromatic heterocycles. The molecule has 0 amide bonds. The van der Waals surface area contributed by atoms with Crippen molar-refractivity contribution in [1.82, 2.24) is 10.2 Å². The van der Waals surface area contributed by atoms with E-state index < -0.39 is 0 Å². The van der Waals surface area contributed by atoms with Crippen molar-refractivity contribution in [1.29, 1.82) is 0 Å². The van der Waals surface area contributed by atoms with E-state index in [1.54, 1.807) is 0 Å². The van der Waals surface area contributed by atoms with Crippen LogP contribution < -0.4 is 5.32 Å². The summed E-state index contributed by atoms with van der Waals surface area (Å²) in [5.41, 5.74) is 0. The first-order chi connectivity index (χ1) is 5.83. The van der Waals surface area contributed by atoms with Gasteiger partial charge in [0.15, 0.2) is 0 Å². The lowest BCUT2D eigenvalue weighted by molar-refractivity contribution is 0.165. The number of piperidine rings is 1. The van der Waals surface area contributed by atoms with Crippen LogP contribution in [0.1, 0.15) is 12.8 Å². The van der Waals surface area contributed by atoms with Crippen molar-refractivity contribution in [2.75, 3.05) is 26.7 Å². The second kappa shape index (κ2) is 3.32. The monoisotopic (exact) mass is 170 g/mol. The van der Waals surface area contributed by atoms with Crippen LogP contribution >= 0.6 is 0 Å².